The van der Waals surface area contributed by atoms with Crippen molar-refractivity contribution < 1.29 is 9.53 Å². The lowest BCUT2D eigenvalue weighted by Crippen LogP contribution is -2.29. The molecule has 0 N–H and O–H groups in total. The molecule has 0 aliphatic carbocycles. The van der Waals surface area contributed by atoms with E-state index in [-0.39, 0.29) is 5.91 Å². The molecule has 0 aromatic heterocycles. The smallest absolute Gasteiger partial charge is 0.271 e. The number of carbonyl (C=O) groups is 1. The van der Waals surface area contributed by atoms with Gasteiger partial charge in [0.05, 0.1) is 16.3 Å². The molecule has 190 valence electrons. The van der Waals surface area contributed by atoms with E-state index in [4.69, 9.17) is 9.73 Å². The average molecular weight is 519 g/mol. The number of hydrogen-bond donors (Lipinski definition) is 0. The van der Waals surface area contributed by atoms with Gasteiger partial charge in [0.15, 0.2) is 5.17 Å². The Bertz CT molecular complexity index is 1560. The van der Waals surface area contributed by atoms with E-state index in [2.05, 4.69) is 31.2 Å². The van der Waals surface area contributed by atoms with Crippen LogP contribution >= 0.6 is 11.8 Å². The lowest BCUT2D eigenvalue weighted by Gasteiger charge is -2.19. The fraction of sp³-hybridized carbons (Fsp3) is 0.152. The second-order valence-corrected chi connectivity index (χ2v) is 10.5. The Morgan fingerprint density at radius 2 is 1.50 bits per heavy atom. The number of carbonyl (C=O) groups excluding carboxylic acids is 1. The van der Waals surface area contributed by atoms with Crippen LogP contribution in [0.15, 0.2) is 101 Å². The van der Waals surface area contributed by atoms with Crippen molar-refractivity contribution in [3.63, 3.8) is 0 Å². The molecular weight excluding hydrogens is 488 g/mol. The maximum atomic E-state index is 13.9. The van der Waals surface area contributed by atoms with Gasteiger partial charge in [-0.3, -0.25) is 9.69 Å². The van der Waals surface area contributed by atoms with Crippen LogP contribution in [0.2, 0.25) is 0 Å². The molecule has 1 aliphatic heterocycles. The Morgan fingerprint density at radius 1 is 0.816 bits per heavy atom. The molecule has 1 saturated heterocycles. The number of benzene rings is 4. The van der Waals surface area contributed by atoms with Gasteiger partial charge in [0.1, 0.15) is 12.4 Å². The summed E-state index contributed by atoms with van der Waals surface area (Å²) in [5.74, 6) is 0.640. The van der Waals surface area contributed by atoms with Gasteiger partial charge in [-0.25, -0.2) is 4.99 Å². The number of rotatable bonds is 6. The monoisotopic (exact) mass is 518 g/mol. The highest BCUT2D eigenvalue weighted by Crippen LogP contribution is 2.40. The molecule has 1 heterocycles. The molecule has 0 saturated carbocycles. The van der Waals surface area contributed by atoms with Crippen molar-refractivity contribution in [2.45, 2.75) is 34.3 Å². The van der Waals surface area contributed by atoms with Crippen LogP contribution in [0.4, 0.5) is 11.4 Å². The van der Waals surface area contributed by atoms with Crippen molar-refractivity contribution in [1.29, 1.82) is 0 Å². The summed E-state index contributed by atoms with van der Waals surface area (Å²) in [6.07, 6.45) is 1.91. The largest absolute Gasteiger partial charge is 0.488 e. The minimum absolute atomic E-state index is 0.0920. The van der Waals surface area contributed by atoms with Crippen LogP contribution < -0.4 is 9.64 Å². The number of amides is 1. The zero-order valence-electron chi connectivity index (χ0n) is 22.1. The second-order valence-electron chi connectivity index (χ2n) is 9.54. The number of thioether (sulfide) groups is 1. The topological polar surface area (TPSA) is 41.9 Å². The van der Waals surface area contributed by atoms with E-state index in [0.29, 0.717) is 16.7 Å². The second kappa shape index (κ2) is 11.1. The first-order valence-corrected chi connectivity index (χ1v) is 13.4. The zero-order chi connectivity index (χ0) is 26.6. The third kappa shape index (κ3) is 5.58. The molecule has 0 atom stereocenters. The van der Waals surface area contributed by atoms with Gasteiger partial charge in [0.2, 0.25) is 0 Å². The van der Waals surface area contributed by atoms with Crippen LogP contribution in [0.25, 0.3) is 6.08 Å². The molecule has 4 aromatic carbocycles. The lowest BCUT2D eigenvalue weighted by molar-refractivity contribution is -0.113. The third-order valence-electron chi connectivity index (χ3n) is 6.44. The first kappa shape index (κ1) is 25.6. The van der Waals surface area contributed by atoms with Crippen LogP contribution in [0.5, 0.6) is 5.75 Å². The Kier molecular flexibility index (Phi) is 7.47. The van der Waals surface area contributed by atoms with Crippen molar-refractivity contribution in [1.82, 2.24) is 0 Å². The zero-order valence-corrected chi connectivity index (χ0v) is 22.9. The van der Waals surface area contributed by atoms with Gasteiger partial charge < -0.3 is 4.74 Å². The predicted octanol–water partition coefficient (Wildman–Crippen LogP) is 8.31. The molecule has 0 spiro atoms. The number of ether oxygens (including phenoxy) is 1. The van der Waals surface area contributed by atoms with E-state index in [0.717, 1.165) is 50.5 Å². The summed E-state index contributed by atoms with van der Waals surface area (Å²) in [6.45, 7) is 8.61. The Morgan fingerprint density at radius 3 is 2.29 bits per heavy atom. The molecule has 0 unspecified atom stereocenters. The highest BCUT2D eigenvalue weighted by molar-refractivity contribution is 8.19. The highest BCUT2D eigenvalue weighted by Gasteiger charge is 2.36. The number of para-hydroxylation sites is 1. The Hall–Kier alpha value is -4.09. The molecule has 5 rings (SSSR count). The number of aryl methyl sites for hydroxylation is 4. The third-order valence-corrected chi connectivity index (χ3v) is 7.40. The predicted molar refractivity (Wildman–Crippen MR) is 159 cm³/mol. The van der Waals surface area contributed by atoms with Crippen LogP contribution in [-0.2, 0) is 11.4 Å². The lowest BCUT2D eigenvalue weighted by atomic mass is 10.1. The average Bonchev–Trinajstić information content (AvgIpc) is 3.21. The molecule has 1 amide bonds. The quantitative estimate of drug-likeness (QED) is 0.241. The summed E-state index contributed by atoms with van der Waals surface area (Å²) in [4.78, 5) is 21.3. The fourth-order valence-corrected chi connectivity index (χ4v) is 5.25. The number of aliphatic imine (C=N–C) groups is 1. The summed E-state index contributed by atoms with van der Waals surface area (Å²) < 4.78 is 6.16. The molecule has 0 radical (unpaired) electrons. The van der Waals surface area contributed by atoms with Crippen LogP contribution in [0.3, 0.4) is 0 Å². The number of hydrogen-bond acceptors (Lipinski definition) is 4. The van der Waals surface area contributed by atoms with E-state index in [1.165, 1.54) is 11.8 Å². The van der Waals surface area contributed by atoms with Gasteiger partial charge in [-0.2, -0.15) is 0 Å². The van der Waals surface area contributed by atoms with E-state index in [9.17, 15) is 4.79 Å². The Balaban J connectivity index is 1.55. The van der Waals surface area contributed by atoms with Crippen molar-refractivity contribution in [2.75, 3.05) is 4.90 Å². The fourth-order valence-electron chi connectivity index (χ4n) is 4.27. The molecular formula is C33H30N2O2S. The molecule has 0 bridgehead atoms. The van der Waals surface area contributed by atoms with E-state index >= 15 is 0 Å². The van der Waals surface area contributed by atoms with Gasteiger partial charge in [-0.1, -0.05) is 72.8 Å². The minimum Gasteiger partial charge on any atom is -0.488 e. The molecule has 1 aliphatic rings. The molecule has 1 fully saturated rings. The molecule has 4 aromatic rings. The van der Waals surface area contributed by atoms with Gasteiger partial charge in [-0.05, 0) is 91.5 Å². The molecule has 4 nitrogen and oxygen atoms in total. The van der Waals surface area contributed by atoms with Crippen molar-refractivity contribution in [3.05, 3.63) is 129 Å². The minimum atomic E-state index is -0.0920. The number of amidine groups is 1. The van der Waals surface area contributed by atoms with Gasteiger partial charge >= 0.3 is 0 Å². The van der Waals surface area contributed by atoms with E-state index < -0.39 is 0 Å². The summed E-state index contributed by atoms with van der Waals surface area (Å²) >= 11 is 1.40. The summed E-state index contributed by atoms with van der Waals surface area (Å²) in [5.41, 5.74) is 7.96. The van der Waals surface area contributed by atoms with Gasteiger partial charge in [0.25, 0.3) is 5.91 Å². The number of anilines is 1. The summed E-state index contributed by atoms with van der Waals surface area (Å²) in [5, 5.41) is 0.645. The van der Waals surface area contributed by atoms with Gasteiger partial charge in [-0.15, -0.1) is 0 Å². The molecule has 38 heavy (non-hydrogen) atoms. The standard InChI is InChI=1S/C33H30N2O2S/c1-22-14-16-24(3)28(18-22)34-33-35(29-19-23(2)15-17-25(29)4)32(36)31(38-33)20-27-12-8-9-13-30(27)37-21-26-10-6-5-7-11-26/h5-20H,21H2,1-4H3/b31-20+,34-33?. The van der Waals surface area contributed by atoms with Crippen LogP contribution in [0, 0.1) is 27.7 Å². The van der Waals surface area contributed by atoms with E-state index in [1.54, 1.807) is 4.90 Å². The molecule has 5 heteroatoms. The van der Waals surface area contributed by atoms with Crippen molar-refractivity contribution in [3.8, 4) is 5.75 Å². The first-order chi connectivity index (χ1) is 18.4. The summed E-state index contributed by atoms with van der Waals surface area (Å²) in [6, 6.07) is 30.2. The Labute approximate surface area is 228 Å². The first-order valence-electron chi connectivity index (χ1n) is 12.6. The normalized spacial score (nSPS) is 15.5. The van der Waals surface area contributed by atoms with Gasteiger partial charge in [0, 0.05) is 5.56 Å². The van der Waals surface area contributed by atoms with Crippen LogP contribution in [-0.4, -0.2) is 11.1 Å². The number of nitrogens with zero attached hydrogens (tertiary/aromatic N) is 2. The maximum Gasteiger partial charge on any atom is 0.271 e. The van der Waals surface area contributed by atoms with E-state index in [1.807, 2.05) is 93.6 Å². The van der Waals surface area contributed by atoms with Crippen molar-refractivity contribution in [2.24, 2.45) is 4.99 Å². The maximum absolute atomic E-state index is 13.9. The van der Waals surface area contributed by atoms with Crippen molar-refractivity contribution >= 4 is 40.3 Å². The SMILES string of the molecule is Cc1ccc(C)c(N=C2S/C(=C/c3ccccc3OCc3ccccc3)C(=O)N2c2cc(C)ccc2C)c1. The summed E-state index contributed by atoms with van der Waals surface area (Å²) in [7, 11) is 0. The highest BCUT2D eigenvalue weighted by atomic mass is 32.2. The van der Waals surface area contributed by atoms with Crippen LogP contribution in [0.1, 0.15) is 33.4 Å².